The molecule has 0 atom stereocenters. The number of alkyl halides is 3. The lowest BCUT2D eigenvalue weighted by Gasteiger charge is -2.25. The average molecular weight is 265 g/mol. The van der Waals surface area contributed by atoms with Gasteiger partial charge in [0.05, 0.1) is 6.61 Å². The zero-order valence-corrected chi connectivity index (χ0v) is 9.25. The summed E-state index contributed by atoms with van der Waals surface area (Å²) in [5.74, 6) is -0.806. The van der Waals surface area contributed by atoms with Crippen LogP contribution in [-0.2, 0) is 0 Å². The van der Waals surface area contributed by atoms with E-state index in [4.69, 9.17) is 5.11 Å². The van der Waals surface area contributed by atoms with Crippen molar-refractivity contribution in [2.24, 2.45) is 0 Å². The molecule has 0 amide bonds. The molecule has 0 saturated heterocycles. The largest absolute Gasteiger partial charge is 0.405 e. The first-order chi connectivity index (χ1) is 8.35. The summed E-state index contributed by atoms with van der Waals surface area (Å²) in [5.41, 5.74) is -0.154. The van der Waals surface area contributed by atoms with E-state index in [0.717, 1.165) is 23.1 Å². The van der Waals surface area contributed by atoms with Crippen LogP contribution >= 0.6 is 0 Å². The first-order valence-corrected chi connectivity index (χ1v) is 5.04. The molecule has 0 fully saturated rings. The van der Waals surface area contributed by atoms with E-state index in [0.29, 0.717) is 6.29 Å². The minimum absolute atomic E-state index is 0.0601. The molecular formula is C11H11F4NO2. The third-order valence-corrected chi connectivity index (χ3v) is 2.15. The third kappa shape index (κ3) is 4.33. The number of anilines is 1. The lowest BCUT2D eigenvalue weighted by molar-refractivity contribution is -0.119. The number of hydrogen-bond acceptors (Lipinski definition) is 3. The van der Waals surface area contributed by atoms with Gasteiger partial charge in [0, 0.05) is 17.8 Å². The maximum Gasteiger partial charge on any atom is 0.405 e. The van der Waals surface area contributed by atoms with Gasteiger partial charge >= 0.3 is 6.18 Å². The van der Waals surface area contributed by atoms with Gasteiger partial charge in [0.2, 0.25) is 0 Å². The van der Waals surface area contributed by atoms with Crippen LogP contribution in [0.15, 0.2) is 18.2 Å². The van der Waals surface area contributed by atoms with Gasteiger partial charge in [0.25, 0.3) is 0 Å². The number of hydrogen-bond donors (Lipinski definition) is 1. The minimum Gasteiger partial charge on any atom is -0.395 e. The van der Waals surface area contributed by atoms with Crippen molar-refractivity contribution in [3.63, 3.8) is 0 Å². The van der Waals surface area contributed by atoms with E-state index in [1.807, 2.05) is 0 Å². The van der Waals surface area contributed by atoms with Crippen LogP contribution in [0, 0.1) is 5.82 Å². The summed E-state index contributed by atoms with van der Waals surface area (Å²) in [6.07, 6.45) is -4.14. The van der Waals surface area contributed by atoms with Crippen LogP contribution in [-0.4, -0.2) is 37.3 Å². The Bertz CT molecular complexity index is 420. The van der Waals surface area contributed by atoms with Crippen LogP contribution in [0.25, 0.3) is 0 Å². The molecule has 1 N–H and O–H groups in total. The van der Waals surface area contributed by atoms with Crippen molar-refractivity contribution < 1.29 is 27.5 Å². The standard InChI is InChI=1S/C11H11F4NO2/c12-9-3-8(6-18)4-10(5-9)16(1-2-17)7-11(13,14)15/h3-6,17H,1-2,7H2. The summed E-state index contributed by atoms with van der Waals surface area (Å²) in [4.78, 5) is 11.3. The Morgan fingerprint density at radius 2 is 1.94 bits per heavy atom. The molecule has 0 bridgehead atoms. The smallest absolute Gasteiger partial charge is 0.395 e. The maximum absolute atomic E-state index is 13.1. The lowest BCUT2D eigenvalue weighted by Crippen LogP contribution is -2.36. The molecule has 7 heteroatoms. The molecule has 100 valence electrons. The van der Waals surface area contributed by atoms with Crippen molar-refractivity contribution in [1.82, 2.24) is 0 Å². The van der Waals surface area contributed by atoms with Crippen LogP contribution in [0.4, 0.5) is 23.2 Å². The molecule has 1 rings (SSSR count). The van der Waals surface area contributed by atoms with Crippen LogP contribution in [0.5, 0.6) is 0 Å². The zero-order valence-electron chi connectivity index (χ0n) is 9.25. The molecule has 3 nitrogen and oxygen atoms in total. The van der Waals surface area contributed by atoms with Crippen molar-refractivity contribution in [2.75, 3.05) is 24.6 Å². The van der Waals surface area contributed by atoms with Crippen LogP contribution in [0.2, 0.25) is 0 Å². The molecule has 0 aliphatic heterocycles. The van der Waals surface area contributed by atoms with Crippen molar-refractivity contribution >= 4 is 12.0 Å². The van der Waals surface area contributed by atoms with Crippen LogP contribution in [0.3, 0.4) is 0 Å². The van der Waals surface area contributed by atoms with E-state index >= 15 is 0 Å². The Balaban J connectivity index is 3.04. The highest BCUT2D eigenvalue weighted by Gasteiger charge is 2.31. The number of rotatable bonds is 5. The van der Waals surface area contributed by atoms with Gasteiger partial charge in [0.1, 0.15) is 18.6 Å². The summed E-state index contributed by atoms with van der Waals surface area (Å²) in [6, 6.07) is 2.94. The molecule has 0 spiro atoms. The fraction of sp³-hybridized carbons (Fsp3) is 0.364. The van der Waals surface area contributed by atoms with E-state index < -0.39 is 25.1 Å². The van der Waals surface area contributed by atoms with Gasteiger partial charge in [-0.3, -0.25) is 4.79 Å². The molecule has 0 unspecified atom stereocenters. The Morgan fingerprint density at radius 1 is 1.28 bits per heavy atom. The van der Waals surface area contributed by atoms with Crippen molar-refractivity contribution in [1.29, 1.82) is 0 Å². The average Bonchev–Trinajstić information content (AvgIpc) is 2.26. The normalized spacial score (nSPS) is 11.4. The van der Waals surface area contributed by atoms with Gasteiger partial charge in [-0.2, -0.15) is 13.2 Å². The number of aldehydes is 1. The molecule has 0 heterocycles. The van der Waals surface area contributed by atoms with E-state index in [9.17, 15) is 22.4 Å². The molecule has 0 aromatic heterocycles. The second-order valence-corrected chi connectivity index (χ2v) is 3.62. The van der Waals surface area contributed by atoms with E-state index in [1.54, 1.807) is 0 Å². The SMILES string of the molecule is O=Cc1cc(F)cc(N(CCO)CC(F)(F)F)c1. The molecular weight excluding hydrogens is 254 g/mol. The molecule has 0 aliphatic carbocycles. The van der Waals surface area contributed by atoms with Gasteiger partial charge in [-0.25, -0.2) is 4.39 Å². The Morgan fingerprint density at radius 3 is 2.44 bits per heavy atom. The number of benzene rings is 1. The van der Waals surface area contributed by atoms with Crippen molar-refractivity contribution in [3.8, 4) is 0 Å². The van der Waals surface area contributed by atoms with Crippen LogP contribution in [0.1, 0.15) is 10.4 Å². The summed E-state index contributed by atoms with van der Waals surface area (Å²) < 4.78 is 50.1. The number of halogens is 4. The van der Waals surface area contributed by atoms with E-state index in [1.165, 1.54) is 0 Å². The highest BCUT2D eigenvalue weighted by Crippen LogP contribution is 2.23. The molecule has 1 aromatic rings. The summed E-state index contributed by atoms with van der Waals surface area (Å²) in [5, 5.41) is 8.72. The second kappa shape index (κ2) is 5.81. The molecule has 18 heavy (non-hydrogen) atoms. The summed E-state index contributed by atoms with van der Waals surface area (Å²) in [6.45, 7) is -2.14. The molecule has 1 aromatic carbocycles. The van der Waals surface area contributed by atoms with E-state index in [-0.39, 0.29) is 17.8 Å². The van der Waals surface area contributed by atoms with Gasteiger partial charge < -0.3 is 10.0 Å². The summed E-state index contributed by atoms with van der Waals surface area (Å²) in [7, 11) is 0. The number of aliphatic hydroxyl groups excluding tert-OH is 1. The topological polar surface area (TPSA) is 40.5 Å². The Hall–Kier alpha value is -1.63. The second-order valence-electron chi connectivity index (χ2n) is 3.62. The number of aliphatic hydroxyl groups is 1. The lowest BCUT2D eigenvalue weighted by atomic mass is 10.2. The van der Waals surface area contributed by atoms with E-state index in [2.05, 4.69) is 0 Å². The van der Waals surface area contributed by atoms with Gasteiger partial charge in [-0.05, 0) is 18.2 Å². The van der Waals surface area contributed by atoms with Gasteiger partial charge in [0.15, 0.2) is 0 Å². The highest BCUT2D eigenvalue weighted by atomic mass is 19.4. The monoisotopic (exact) mass is 265 g/mol. The predicted molar refractivity (Wildman–Crippen MR) is 57.1 cm³/mol. The first-order valence-electron chi connectivity index (χ1n) is 5.04. The van der Waals surface area contributed by atoms with Crippen molar-refractivity contribution in [2.45, 2.75) is 6.18 Å². The van der Waals surface area contributed by atoms with Crippen molar-refractivity contribution in [3.05, 3.63) is 29.6 Å². The van der Waals surface area contributed by atoms with Crippen LogP contribution < -0.4 is 4.90 Å². The molecule has 0 saturated carbocycles. The Labute approximate surface area is 101 Å². The predicted octanol–water partition coefficient (Wildman–Crippen LogP) is 2.00. The fourth-order valence-corrected chi connectivity index (χ4v) is 1.48. The first kappa shape index (κ1) is 14.4. The number of carbonyl (C=O) groups is 1. The number of carbonyl (C=O) groups excluding carboxylic acids is 1. The third-order valence-electron chi connectivity index (χ3n) is 2.15. The molecule has 0 aliphatic rings. The fourth-order valence-electron chi connectivity index (χ4n) is 1.48. The quantitative estimate of drug-likeness (QED) is 0.654. The zero-order chi connectivity index (χ0) is 13.8. The highest BCUT2D eigenvalue weighted by molar-refractivity contribution is 5.77. The maximum atomic E-state index is 13.1. The number of nitrogens with zero attached hydrogens (tertiary/aromatic N) is 1. The Kier molecular flexibility index (Phi) is 4.66. The van der Waals surface area contributed by atoms with Gasteiger partial charge in [-0.15, -0.1) is 0 Å². The summed E-state index contributed by atoms with van der Waals surface area (Å²) >= 11 is 0. The minimum atomic E-state index is -4.48. The van der Waals surface area contributed by atoms with Gasteiger partial charge in [-0.1, -0.05) is 0 Å². The molecule has 0 radical (unpaired) electrons.